The second-order valence-corrected chi connectivity index (χ2v) is 5.88. The maximum Gasteiger partial charge on any atom is 0.118 e. The lowest BCUT2D eigenvalue weighted by molar-refractivity contribution is 0.156. The quantitative estimate of drug-likeness (QED) is 0.853. The van der Waals surface area contributed by atoms with E-state index in [2.05, 4.69) is 30.3 Å². The van der Waals surface area contributed by atoms with Crippen molar-refractivity contribution >= 4 is 0 Å². The Morgan fingerprint density at radius 1 is 1.37 bits per heavy atom. The van der Waals surface area contributed by atoms with Gasteiger partial charge in [-0.15, -0.1) is 0 Å². The molecule has 1 aromatic rings. The summed E-state index contributed by atoms with van der Waals surface area (Å²) in [5.74, 6) is 2.12. The van der Waals surface area contributed by atoms with E-state index in [9.17, 15) is 0 Å². The largest absolute Gasteiger partial charge is 0.465 e. The van der Waals surface area contributed by atoms with Crippen molar-refractivity contribution in [3.63, 3.8) is 0 Å². The van der Waals surface area contributed by atoms with Gasteiger partial charge in [0.1, 0.15) is 11.5 Å². The minimum absolute atomic E-state index is 0.558. The molecule has 1 atom stereocenters. The molecule has 1 unspecified atom stereocenters. The predicted molar refractivity (Wildman–Crippen MR) is 74.0 cm³/mol. The van der Waals surface area contributed by atoms with Crippen LogP contribution in [0.1, 0.15) is 36.3 Å². The van der Waals surface area contributed by atoms with Gasteiger partial charge in [-0.1, -0.05) is 0 Å². The second kappa shape index (κ2) is 5.65. The zero-order valence-corrected chi connectivity index (χ0v) is 11.9. The van der Waals surface area contributed by atoms with Crippen LogP contribution >= 0.6 is 0 Å². The summed E-state index contributed by atoms with van der Waals surface area (Å²) in [5.41, 5.74) is 1.31. The molecule has 106 valence electrons. The summed E-state index contributed by atoms with van der Waals surface area (Å²) in [6.45, 7) is 5.64. The highest BCUT2D eigenvalue weighted by Crippen LogP contribution is 2.22. The van der Waals surface area contributed by atoms with Gasteiger partial charge >= 0.3 is 0 Å². The van der Waals surface area contributed by atoms with Crippen molar-refractivity contribution in [2.75, 3.05) is 20.3 Å². The molecule has 3 rings (SSSR count). The van der Waals surface area contributed by atoms with E-state index in [4.69, 9.17) is 9.15 Å². The van der Waals surface area contributed by atoms with Crippen LogP contribution in [-0.2, 0) is 17.8 Å². The van der Waals surface area contributed by atoms with Crippen LogP contribution in [0.25, 0.3) is 0 Å². The van der Waals surface area contributed by atoms with Crippen LogP contribution in [0, 0.1) is 6.92 Å². The number of nitrogens with zero attached hydrogens (tertiary/aromatic N) is 1. The zero-order chi connectivity index (χ0) is 13.2. The molecule has 2 heterocycles. The number of nitrogens with one attached hydrogen (secondary N) is 1. The minimum Gasteiger partial charge on any atom is -0.465 e. The number of ether oxygens (including phenoxy) is 1. The molecule has 0 amide bonds. The molecule has 2 aliphatic rings. The molecule has 1 saturated carbocycles. The fourth-order valence-corrected chi connectivity index (χ4v) is 2.63. The van der Waals surface area contributed by atoms with Crippen LogP contribution in [-0.4, -0.2) is 37.2 Å². The highest BCUT2D eigenvalue weighted by molar-refractivity contribution is 5.21. The Labute approximate surface area is 115 Å². The third kappa shape index (κ3) is 3.38. The van der Waals surface area contributed by atoms with Crippen LogP contribution in [0.3, 0.4) is 0 Å². The van der Waals surface area contributed by atoms with E-state index >= 15 is 0 Å². The lowest BCUT2D eigenvalue weighted by atomic mass is 10.2. The topological polar surface area (TPSA) is 37.6 Å². The van der Waals surface area contributed by atoms with Crippen molar-refractivity contribution < 1.29 is 9.15 Å². The summed E-state index contributed by atoms with van der Waals surface area (Å²) >= 11 is 0. The third-order valence-electron chi connectivity index (χ3n) is 4.16. The van der Waals surface area contributed by atoms with Gasteiger partial charge < -0.3 is 14.5 Å². The maximum absolute atomic E-state index is 5.84. The molecule has 0 radical (unpaired) electrons. The molecule has 1 N–H and O–H groups in total. The number of furan rings is 1. The number of aryl methyl sites for hydroxylation is 1. The summed E-state index contributed by atoms with van der Waals surface area (Å²) in [7, 11) is 2.17. The number of hydrogen-bond acceptors (Lipinski definition) is 4. The lowest BCUT2D eigenvalue weighted by Crippen LogP contribution is -2.31. The zero-order valence-electron chi connectivity index (χ0n) is 11.9. The molecule has 0 bridgehead atoms. The summed E-state index contributed by atoms with van der Waals surface area (Å²) in [5, 5.41) is 3.49. The molecule has 1 saturated heterocycles. The first-order valence-corrected chi connectivity index (χ1v) is 7.32. The van der Waals surface area contributed by atoms with Gasteiger partial charge in [0.15, 0.2) is 0 Å². The Kier molecular flexibility index (Phi) is 3.91. The fraction of sp³-hybridized carbons (Fsp3) is 0.733. The van der Waals surface area contributed by atoms with Crippen molar-refractivity contribution in [1.29, 1.82) is 0 Å². The van der Waals surface area contributed by atoms with Gasteiger partial charge in [-0.25, -0.2) is 0 Å². The summed E-state index contributed by atoms with van der Waals surface area (Å²) in [6.07, 6.45) is 3.78. The smallest absolute Gasteiger partial charge is 0.118 e. The Morgan fingerprint density at radius 3 is 2.89 bits per heavy atom. The number of rotatable bonds is 6. The Balaban J connectivity index is 1.56. The first-order chi connectivity index (χ1) is 9.22. The SMILES string of the molecule is Cc1oc(CNC2CC2)cc1CN(C)C1CCOC1. The van der Waals surface area contributed by atoms with Gasteiger partial charge in [0.05, 0.1) is 13.2 Å². The van der Waals surface area contributed by atoms with Crippen LogP contribution in [0.15, 0.2) is 10.5 Å². The summed E-state index contributed by atoms with van der Waals surface area (Å²) in [4.78, 5) is 2.38. The molecule has 1 aliphatic carbocycles. The van der Waals surface area contributed by atoms with Crippen molar-refractivity contribution in [3.8, 4) is 0 Å². The van der Waals surface area contributed by atoms with Crippen molar-refractivity contribution in [2.24, 2.45) is 0 Å². The average Bonchev–Trinajstić information content (AvgIpc) is 2.92. The van der Waals surface area contributed by atoms with Crippen LogP contribution < -0.4 is 5.32 Å². The van der Waals surface area contributed by atoms with Gasteiger partial charge in [-0.3, -0.25) is 4.90 Å². The van der Waals surface area contributed by atoms with E-state index in [1.165, 1.54) is 18.4 Å². The van der Waals surface area contributed by atoms with Gasteiger partial charge in [-0.2, -0.15) is 0 Å². The van der Waals surface area contributed by atoms with Gasteiger partial charge in [0.2, 0.25) is 0 Å². The average molecular weight is 264 g/mol. The molecule has 0 spiro atoms. The van der Waals surface area contributed by atoms with Crippen LogP contribution in [0.2, 0.25) is 0 Å². The standard InChI is InChI=1S/C15H24N2O2/c1-11-12(9-17(2)14-5-6-18-10-14)7-15(19-11)8-16-13-3-4-13/h7,13-14,16H,3-6,8-10H2,1-2H3. The first kappa shape index (κ1) is 13.2. The predicted octanol–water partition coefficient (Wildman–Crippen LogP) is 2.06. The van der Waals surface area contributed by atoms with E-state index in [-0.39, 0.29) is 0 Å². The van der Waals surface area contributed by atoms with Crippen LogP contribution in [0.4, 0.5) is 0 Å². The molecular formula is C15H24N2O2. The van der Waals surface area contributed by atoms with E-state index in [0.717, 1.165) is 50.3 Å². The molecule has 19 heavy (non-hydrogen) atoms. The van der Waals surface area contributed by atoms with Gasteiger partial charge in [0, 0.05) is 30.8 Å². The molecule has 4 heteroatoms. The van der Waals surface area contributed by atoms with E-state index < -0.39 is 0 Å². The highest BCUT2D eigenvalue weighted by Gasteiger charge is 2.23. The normalized spacial score (nSPS) is 23.4. The third-order valence-corrected chi connectivity index (χ3v) is 4.16. The maximum atomic E-state index is 5.84. The molecule has 4 nitrogen and oxygen atoms in total. The van der Waals surface area contributed by atoms with E-state index in [0.29, 0.717) is 6.04 Å². The van der Waals surface area contributed by atoms with Crippen LogP contribution in [0.5, 0.6) is 0 Å². The van der Waals surface area contributed by atoms with Crippen molar-refractivity contribution in [2.45, 2.75) is 51.4 Å². The number of likely N-dealkylation sites (N-methyl/N-ethyl adjacent to an activating group) is 1. The fourth-order valence-electron chi connectivity index (χ4n) is 2.63. The second-order valence-electron chi connectivity index (χ2n) is 5.88. The Morgan fingerprint density at radius 2 is 2.21 bits per heavy atom. The van der Waals surface area contributed by atoms with Gasteiger partial charge in [0.25, 0.3) is 0 Å². The van der Waals surface area contributed by atoms with Crippen molar-refractivity contribution in [1.82, 2.24) is 10.2 Å². The molecule has 2 fully saturated rings. The highest BCUT2D eigenvalue weighted by atomic mass is 16.5. The Bertz CT molecular complexity index is 420. The molecule has 1 aliphatic heterocycles. The first-order valence-electron chi connectivity index (χ1n) is 7.32. The summed E-state index contributed by atoms with van der Waals surface area (Å²) in [6, 6.07) is 3.49. The van der Waals surface area contributed by atoms with Crippen molar-refractivity contribution in [3.05, 3.63) is 23.2 Å². The summed E-state index contributed by atoms with van der Waals surface area (Å²) < 4.78 is 11.3. The van der Waals surface area contributed by atoms with Gasteiger partial charge in [-0.05, 0) is 39.3 Å². The minimum atomic E-state index is 0.558. The van der Waals surface area contributed by atoms with E-state index in [1.807, 2.05) is 0 Å². The molecule has 1 aromatic heterocycles. The number of hydrogen-bond donors (Lipinski definition) is 1. The van der Waals surface area contributed by atoms with E-state index in [1.54, 1.807) is 0 Å². The Hall–Kier alpha value is -0.840. The molecule has 0 aromatic carbocycles. The lowest BCUT2D eigenvalue weighted by Gasteiger charge is -2.22. The molecular weight excluding hydrogens is 240 g/mol. The monoisotopic (exact) mass is 264 g/mol.